The molecule has 0 amide bonds. The van der Waals surface area contributed by atoms with E-state index in [4.69, 9.17) is 0 Å². The van der Waals surface area contributed by atoms with E-state index < -0.39 is 0 Å². The maximum absolute atomic E-state index is 4.49. The summed E-state index contributed by atoms with van der Waals surface area (Å²) in [6.07, 6.45) is 10.2. The van der Waals surface area contributed by atoms with Crippen molar-refractivity contribution in [2.24, 2.45) is 0 Å². The molecule has 0 nitrogen and oxygen atoms in total. The first-order valence-corrected chi connectivity index (χ1v) is 8.12. The Labute approximate surface area is 123 Å². The van der Waals surface area contributed by atoms with Crippen molar-refractivity contribution in [3.05, 3.63) is 23.3 Å². The number of benzene rings is 1. The Balaban J connectivity index is 2.73. The van der Waals surface area contributed by atoms with Crippen LogP contribution in [0.5, 0.6) is 0 Å². The molecule has 0 fully saturated rings. The number of hydrogen-bond acceptors (Lipinski definition) is 2. The van der Waals surface area contributed by atoms with Gasteiger partial charge in [0.2, 0.25) is 0 Å². The second-order valence-corrected chi connectivity index (χ2v) is 5.99. The highest BCUT2D eigenvalue weighted by atomic mass is 32.1. The number of aryl methyl sites for hydroxylation is 2. The van der Waals surface area contributed by atoms with Gasteiger partial charge in [0, 0.05) is 9.79 Å². The van der Waals surface area contributed by atoms with Crippen molar-refractivity contribution >= 4 is 25.3 Å². The van der Waals surface area contributed by atoms with Crippen LogP contribution in [0.1, 0.15) is 63.5 Å². The minimum Gasteiger partial charge on any atom is -0.142 e. The monoisotopic (exact) mass is 282 g/mol. The largest absolute Gasteiger partial charge is 0.142 e. The van der Waals surface area contributed by atoms with Crippen molar-refractivity contribution in [3.8, 4) is 0 Å². The molecule has 0 unspecified atom stereocenters. The van der Waals surface area contributed by atoms with Crippen molar-refractivity contribution in [1.82, 2.24) is 0 Å². The minimum absolute atomic E-state index is 1.02. The standard InChI is InChI=1S/C16H26S2/c1-3-5-7-9-13-11-15(17)16(18)12-14(13)10-8-6-4-2/h11-12,17-18H,3-10H2,1-2H3. The highest BCUT2D eigenvalue weighted by molar-refractivity contribution is 7.83. The summed E-state index contributed by atoms with van der Waals surface area (Å²) in [6, 6.07) is 4.45. The van der Waals surface area contributed by atoms with Gasteiger partial charge in [0.25, 0.3) is 0 Å². The summed E-state index contributed by atoms with van der Waals surface area (Å²) in [5, 5.41) is 0. The molecule has 0 aliphatic carbocycles. The highest BCUT2D eigenvalue weighted by Crippen LogP contribution is 2.26. The predicted molar refractivity (Wildman–Crippen MR) is 87.4 cm³/mol. The van der Waals surface area contributed by atoms with E-state index in [9.17, 15) is 0 Å². The highest BCUT2D eigenvalue weighted by Gasteiger charge is 2.06. The van der Waals surface area contributed by atoms with Crippen LogP contribution in [0.4, 0.5) is 0 Å². The van der Waals surface area contributed by atoms with E-state index in [1.807, 2.05) is 0 Å². The summed E-state index contributed by atoms with van der Waals surface area (Å²) in [5.74, 6) is 0. The van der Waals surface area contributed by atoms with Crippen LogP contribution in [-0.2, 0) is 12.8 Å². The molecule has 0 aliphatic rings. The summed E-state index contributed by atoms with van der Waals surface area (Å²) < 4.78 is 0. The molecule has 0 aliphatic heterocycles. The van der Waals surface area contributed by atoms with Crippen LogP contribution < -0.4 is 0 Å². The molecule has 0 atom stereocenters. The number of thiol groups is 2. The first kappa shape index (κ1) is 16.0. The number of hydrogen-bond donors (Lipinski definition) is 2. The summed E-state index contributed by atoms with van der Waals surface area (Å²) in [4.78, 5) is 2.04. The van der Waals surface area contributed by atoms with Crippen LogP contribution >= 0.6 is 25.3 Å². The summed E-state index contributed by atoms with van der Waals surface area (Å²) >= 11 is 8.99. The maximum atomic E-state index is 4.49. The third-order valence-corrected chi connectivity index (χ3v) is 4.31. The zero-order valence-corrected chi connectivity index (χ0v) is 13.5. The zero-order valence-electron chi connectivity index (χ0n) is 11.7. The quantitative estimate of drug-likeness (QED) is 0.441. The lowest BCUT2D eigenvalue weighted by molar-refractivity contribution is 0.691. The van der Waals surface area contributed by atoms with Crippen molar-refractivity contribution in [2.45, 2.75) is 75.0 Å². The third kappa shape index (κ3) is 5.27. The second-order valence-electron chi connectivity index (χ2n) is 5.02. The summed E-state index contributed by atoms with van der Waals surface area (Å²) in [6.45, 7) is 4.51. The van der Waals surface area contributed by atoms with Crippen LogP contribution in [0.25, 0.3) is 0 Å². The van der Waals surface area contributed by atoms with E-state index in [1.54, 1.807) is 0 Å². The molecule has 1 aromatic carbocycles. The Morgan fingerprint density at radius 2 is 1.11 bits per heavy atom. The van der Waals surface area contributed by atoms with Crippen molar-refractivity contribution in [1.29, 1.82) is 0 Å². The molecule has 0 radical (unpaired) electrons. The van der Waals surface area contributed by atoms with Crippen LogP contribution in [0.3, 0.4) is 0 Å². The van der Waals surface area contributed by atoms with Gasteiger partial charge < -0.3 is 0 Å². The van der Waals surface area contributed by atoms with E-state index >= 15 is 0 Å². The smallest absolute Gasteiger partial charge is 0.0177 e. The molecule has 1 rings (SSSR count). The predicted octanol–water partition coefficient (Wildman–Crippen LogP) is 5.73. The Morgan fingerprint density at radius 1 is 0.722 bits per heavy atom. The summed E-state index contributed by atoms with van der Waals surface area (Å²) in [7, 11) is 0. The molecule has 0 saturated carbocycles. The minimum atomic E-state index is 1.02. The van der Waals surface area contributed by atoms with Crippen LogP contribution in [-0.4, -0.2) is 0 Å². The molecule has 102 valence electrons. The molecular weight excluding hydrogens is 256 g/mol. The van der Waals surface area contributed by atoms with E-state index in [1.165, 1.54) is 62.5 Å². The SMILES string of the molecule is CCCCCc1cc(S)c(S)cc1CCCCC. The zero-order chi connectivity index (χ0) is 13.4. The Hall–Kier alpha value is -0.0800. The van der Waals surface area contributed by atoms with Gasteiger partial charge in [0.15, 0.2) is 0 Å². The van der Waals surface area contributed by atoms with Gasteiger partial charge in [-0.1, -0.05) is 39.5 Å². The first-order valence-electron chi connectivity index (χ1n) is 7.22. The Kier molecular flexibility index (Phi) is 7.92. The molecule has 18 heavy (non-hydrogen) atoms. The van der Waals surface area contributed by atoms with Crippen LogP contribution in [0.15, 0.2) is 21.9 Å². The van der Waals surface area contributed by atoms with Gasteiger partial charge >= 0.3 is 0 Å². The maximum Gasteiger partial charge on any atom is 0.0177 e. The molecule has 0 aromatic heterocycles. The molecule has 0 bridgehead atoms. The molecule has 1 aromatic rings. The van der Waals surface area contributed by atoms with Gasteiger partial charge in [-0.2, -0.15) is 0 Å². The normalized spacial score (nSPS) is 10.9. The average molecular weight is 283 g/mol. The summed E-state index contributed by atoms with van der Waals surface area (Å²) in [5.41, 5.74) is 2.98. The lowest BCUT2D eigenvalue weighted by Gasteiger charge is -2.12. The Morgan fingerprint density at radius 3 is 1.44 bits per heavy atom. The van der Waals surface area contributed by atoms with E-state index in [-0.39, 0.29) is 0 Å². The molecule has 2 heteroatoms. The second kappa shape index (κ2) is 8.92. The lowest BCUT2D eigenvalue weighted by Crippen LogP contribution is -1.96. The van der Waals surface area contributed by atoms with Crippen LogP contribution in [0.2, 0.25) is 0 Å². The Bertz CT molecular complexity index is 323. The van der Waals surface area contributed by atoms with Gasteiger partial charge in [-0.05, 0) is 48.9 Å². The van der Waals surface area contributed by atoms with E-state index in [0.29, 0.717) is 0 Å². The molecule has 0 heterocycles. The fourth-order valence-electron chi connectivity index (χ4n) is 2.26. The average Bonchev–Trinajstić information content (AvgIpc) is 2.35. The number of rotatable bonds is 8. The third-order valence-electron chi connectivity index (χ3n) is 3.40. The van der Waals surface area contributed by atoms with Gasteiger partial charge in [0.1, 0.15) is 0 Å². The van der Waals surface area contributed by atoms with Crippen molar-refractivity contribution < 1.29 is 0 Å². The van der Waals surface area contributed by atoms with Gasteiger partial charge in [-0.3, -0.25) is 0 Å². The fraction of sp³-hybridized carbons (Fsp3) is 0.625. The topological polar surface area (TPSA) is 0 Å². The van der Waals surface area contributed by atoms with Gasteiger partial charge in [-0.15, -0.1) is 25.3 Å². The molecule has 0 saturated heterocycles. The van der Waals surface area contributed by atoms with Gasteiger partial charge in [-0.25, -0.2) is 0 Å². The lowest BCUT2D eigenvalue weighted by atomic mass is 9.97. The van der Waals surface area contributed by atoms with Gasteiger partial charge in [0.05, 0.1) is 0 Å². The van der Waals surface area contributed by atoms with E-state index in [2.05, 4.69) is 51.2 Å². The molecular formula is C16H26S2. The molecule has 0 N–H and O–H groups in total. The van der Waals surface area contributed by atoms with E-state index in [0.717, 1.165) is 9.79 Å². The van der Waals surface area contributed by atoms with Crippen molar-refractivity contribution in [2.75, 3.05) is 0 Å². The van der Waals surface area contributed by atoms with Crippen molar-refractivity contribution in [3.63, 3.8) is 0 Å². The van der Waals surface area contributed by atoms with Crippen LogP contribution in [0, 0.1) is 0 Å². The fourth-order valence-corrected chi connectivity index (χ4v) is 2.70. The first-order chi connectivity index (χ1) is 8.69. The number of unbranched alkanes of at least 4 members (excludes halogenated alkanes) is 4. The molecule has 0 spiro atoms.